The van der Waals surface area contributed by atoms with Gasteiger partial charge in [-0.15, -0.1) is 0 Å². The molecule has 0 fully saturated rings. The molecule has 186 valence electrons. The molecule has 0 radical (unpaired) electrons. The van der Waals surface area contributed by atoms with E-state index in [9.17, 15) is 4.79 Å². The first-order valence-corrected chi connectivity index (χ1v) is 14.1. The lowest BCUT2D eigenvalue weighted by Crippen LogP contribution is -2.66. The van der Waals surface area contributed by atoms with Crippen LogP contribution in [0.25, 0.3) is 0 Å². The third-order valence-electron chi connectivity index (χ3n) is 5.80. The molecule has 2 aromatic rings. The highest BCUT2D eigenvalue weighted by molar-refractivity contribution is 6.99. The average molecular weight is 482 g/mol. The van der Waals surface area contributed by atoms with Gasteiger partial charge in [0.1, 0.15) is 5.60 Å². The molecular weight excluding hydrogens is 438 g/mol. The van der Waals surface area contributed by atoms with Crippen molar-refractivity contribution in [2.75, 3.05) is 6.61 Å². The predicted octanol–water partition coefficient (Wildman–Crippen LogP) is 6.06. The second-order valence-electron chi connectivity index (χ2n) is 11.4. The number of rotatable bonds is 8. The lowest BCUT2D eigenvalue weighted by Gasteiger charge is -2.43. The van der Waals surface area contributed by atoms with Crippen LogP contribution < -0.4 is 15.7 Å². The van der Waals surface area contributed by atoms with Crippen LogP contribution in [-0.4, -0.2) is 32.7 Å². The van der Waals surface area contributed by atoms with E-state index in [1.807, 2.05) is 20.8 Å². The summed E-state index contributed by atoms with van der Waals surface area (Å²) in [4.78, 5) is 12.4. The van der Waals surface area contributed by atoms with Crippen molar-refractivity contribution in [2.24, 2.45) is 5.92 Å². The maximum Gasteiger partial charge on any atom is 0.408 e. The molecule has 0 aliphatic rings. The second-order valence-corrected chi connectivity index (χ2v) is 15.7. The summed E-state index contributed by atoms with van der Waals surface area (Å²) < 4.78 is 12.5. The summed E-state index contributed by atoms with van der Waals surface area (Å²) in [6.07, 6.45) is 1.70. The maximum atomic E-state index is 12.4. The number of nitrogens with one attached hydrogen (secondary N) is 1. The zero-order valence-electron chi connectivity index (χ0n) is 22.4. The second kappa shape index (κ2) is 11.4. The third kappa shape index (κ3) is 7.31. The predicted molar refractivity (Wildman–Crippen MR) is 145 cm³/mol. The molecular formula is C29H43NO3Si. The van der Waals surface area contributed by atoms with Gasteiger partial charge < -0.3 is 14.5 Å². The molecule has 34 heavy (non-hydrogen) atoms. The summed E-state index contributed by atoms with van der Waals surface area (Å²) >= 11 is 0. The van der Waals surface area contributed by atoms with Crippen LogP contribution in [0, 0.1) is 5.92 Å². The Morgan fingerprint density at radius 1 is 0.912 bits per heavy atom. The van der Waals surface area contributed by atoms with Crippen molar-refractivity contribution in [3.63, 3.8) is 0 Å². The molecule has 0 saturated carbocycles. The minimum Gasteiger partial charge on any atom is -0.444 e. The summed E-state index contributed by atoms with van der Waals surface area (Å²) in [6.45, 7) is 19.2. The van der Waals surface area contributed by atoms with Gasteiger partial charge in [0, 0.05) is 0 Å². The van der Waals surface area contributed by atoms with Gasteiger partial charge in [-0.2, -0.15) is 0 Å². The van der Waals surface area contributed by atoms with E-state index in [1.54, 1.807) is 0 Å². The Morgan fingerprint density at radius 3 is 1.76 bits per heavy atom. The van der Waals surface area contributed by atoms with Gasteiger partial charge in [-0.3, -0.25) is 0 Å². The summed E-state index contributed by atoms with van der Waals surface area (Å²) in [5.74, 6) is 0.218. The van der Waals surface area contributed by atoms with Gasteiger partial charge in [-0.05, 0) is 49.0 Å². The van der Waals surface area contributed by atoms with Gasteiger partial charge in [0.05, 0.1) is 12.6 Å². The van der Waals surface area contributed by atoms with Crippen molar-refractivity contribution in [3.05, 3.63) is 72.3 Å². The van der Waals surface area contributed by atoms with Gasteiger partial charge in [0.25, 0.3) is 8.32 Å². The molecule has 2 rings (SSSR count). The first-order valence-electron chi connectivity index (χ1n) is 12.2. The third-order valence-corrected chi connectivity index (χ3v) is 10.8. The molecule has 5 heteroatoms. The fourth-order valence-corrected chi connectivity index (χ4v) is 8.78. The largest absolute Gasteiger partial charge is 0.444 e. The van der Waals surface area contributed by atoms with E-state index in [-0.39, 0.29) is 17.0 Å². The lowest BCUT2D eigenvalue weighted by atomic mass is 10.0. The molecule has 0 aromatic heterocycles. The number of hydrogen-bond acceptors (Lipinski definition) is 3. The maximum absolute atomic E-state index is 12.4. The molecule has 0 aliphatic heterocycles. The Bertz CT molecular complexity index is 901. The molecule has 0 heterocycles. The Hall–Kier alpha value is -2.37. The first-order chi connectivity index (χ1) is 15.8. The Kier molecular flexibility index (Phi) is 9.32. The highest BCUT2D eigenvalue weighted by Crippen LogP contribution is 2.37. The Morgan fingerprint density at radius 2 is 1.38 bits per heavy atom. The summed E-state index contributed by atoms with van der Waals surface area (Å²) in [5, 5.41) is 5.45. The number of benzene rings is 2. The molecule has 2 aromatic carbocycles. The van der Waals surface area contributed by atoms with Crippen LogP contribution in [-0.2, 0) is 9.16 Å². The van der Waals surface area contributed by atoms with Crippen LogP contribution in [0.1, 0.15) is 62.3 Å². The number of carbonyl (C=O) groups excluding carboxylic acids is 1. The van der Waals surface area contributed by atoms with Crippen molar-refractivity contribution >= 4 is 24.8 Å². The molecule has 1 N–H and O–H groups in total. The lowest BCUT2D eigenvalue weighted by molar-refractivity contribution is 0.0503. The normalized spacial score (nSPS) is 14.1. The van der Waals surface area contributed by atoms with E-state index in [2.05, 4.69) is 114 Å². The molecule has 0 aliphatic carbocycles. The number of amides is 1. The standard InChI is InChI=1S/C29H43NO3Si/c1-22(2)26(30-27(31)33-28(4,5)6)20-23(3)21-32-34(29(7,8)9,24-16-12-10-13-17-24)25-18-14-11-15-19-25/h10-20,22,26H,21H2,1-9H3,(H,30,31)/b23-20+/t26-/m1/s1. The van der Waals surface area contributed by atoms with Gasteiger partial charge >= 0.3 is 6.09 Å². The van der Waals surface area contributed by atoms with Gasteiger partial charge in [0.15, 0.2) is 0 Å². The number of alkyl carbamates (subject to hydrolysis) is 1. The minimum atomic E-state index is -2.61. The van der Waals surface area contributed by atoms with Gasteiger partial charge in [-0.1, -0.05) is 107 Å². The Labute approximate surface area is 207 Å². The number of ether oxygens (including phenoxy) is 1. The van der Waals surface area contributed by atoms with Gasteiger partial charge in [-0.25, -0.2) is 4.79 Å². The van der Waals surface area contributed by atoms with Crippen molar-refractivity contribution < 1.29 is 14.0 Å². The molecule has 0 saturated heterocycles. The van der Waals surface area contributed by atoms with Crippen molar-refractivity contribution in [2.45, 2.75) is 79.0 Å². The molecule has 1 atom stereocenters. The van der Waals surface area contributed by atoms with Crippen LogP contribution in [0.2, 0.25) is 5.04 Å². The molecule has 0 unspecified atom stereocenters. The van der Waals surface area contributed by atoms with Crippen LogP contribution in [0.5, 0.6) is 0 Å². The van der Waals surface area contributed by atoms with E-state index in [1.165, 1.54) is 10.4 Å². The highest BCUT2D eigenvalue weighted by Gasteiger charge is 2.50. The monoisotopic (exact) mass is 481 g/mol. The summed E-state index contributed by atoms with van der Waals surface area (Å²) in [7, 11) is -2.61. The number of carbonyl (C=O) groups is 1. The quantitative estimate of drug-likeness (QED) is 0.368. The molecule has 4 nitrogen and oxygen atoms in total. The van der Waals surface area contributed by atoms with E-state index in [0.29, 0.717) is 6.61 Å². The van der Waals surface area contributed by atoms with Crippen molar-refractivity contribution in [1.82, 2.24) is 5.32 Å². The van der Waals surface area contributed by atoms with E-state index in [4.69, 9.17) is 9.16 Å². The average Bonchev–Trinajstić information content (AvgIpc) is 2.73. The molecule has 0 spiro atoms. The van der Waals surface area contributed by atoms with E-state index < -0.39 is 20.0 Å². The molecule has 1 amide bonds. The zero-order valence-corrected chi connectivity index (χ0v) is 23.4. The van der Waals surface area contributed by atoms with Crippen molar-refractivity contribution in [3.8, 4) is 0 Å². The minimum absolute atomic E-state index is 0.0812. The van der Waals surface area contributed by atoms with Crippen LogP contribution in [0.15, 0.2) is 72.3 Å². The summed E-state index contributed by atoms with van der Waals surface area (Å²) in [5.41, 5.74) is 0.555. The summed E-state index contributed by atoms with van der Waals surface area (Å²) in [6, 6.07) is 21.1. The smallest absolute Gasteiger partial charge is 0.408 e. The Balaban J connectivity index is 2.37. The first kappa shape index (κ1) is 27.9. The highest BCUT2D eigenvalue weighted by atomic mass is 28.4. The van der Waals surface area contributed by atoms with E-state index in [0.717, 1.165) is 5.57 Å². The van der Waals surface area contributed by atoms with Crippen LogP contribution >= 0.6 is 0 Å². The fraction of sp³-hybridized carbons (Fsp3) is 0.483. The fourth-order valence-electron chi connectivity index (χ4n) is 4.18. The van der Waals surface area contributed by atoms with Crippen LogP contribution in [0.3, 0.4) is 0 Å². The molecule has 0 bridgehead atoms. The SMILES string of the molecule is C/C(=C\[C@@H](NC(=O)OC(C)(C)C)C(C)C)CO[Si](c1ccccc1)(c1ccccc1)C(C)(C)C. The van der Waals surface area contributed by atoms with E-state index >= 15 is 0 Å². The topological polar surface area (TPSA) is 47.6 Å². The van der Waals surface area contributed by atoms with Crippen molar-refractivity contribution in [1.29, 1.82) is 0 Å². The zero-order chi connectivity index (χ0) is 25.6. The van der Waals surface area contributed by atoms with Gasteiger partial charge in [0.2, 0.25) is 0 Å². The van der Waals surface area contributed by atoms with Crippen LogP contribution in [0.4, 0.5) is 4.79 Å². The number of hydrogen-bond donors (Lipinski definition) is 1.